The smallest absolute Gasteiger partial charge is 0.270 e. The first-order valence-electron chi connectivity index (χ1n) is 5.46. The van der Waals surface area contributed by atoms with Crippen LogP contribution in [0.1, 0.15) is 12.5 Å². The normalized spacial score (nSPS) is 12.3. The van der Waals surface area contributed by atoms with Crippen molar-refractivity contribution < 1.29 is 19.5 Å². The van der Waals surface area contributed by atoms with E-state index in [9.17, 15) is 9.59 Å². The highest BCUT2D eigenvalue weighted by molar-refractivity contribution is 5.92. The van der Waals surface area contributed by atoms with Gasteiger partial charge in [-0.15, -0.1) is 0 Å². The zero-order chi connectivity index (χ0) is 13.4. The second kappa shape index (κ2) is 7.37. The van der Waals surface area contributed by atoms with Gasteiger partial charge in [0, 0.05) is 6.08 Å². The minimum absolute atomic E-state index is 0.233. The molecule has 0 spiro atoms. The second-order valence-corrected chi connectivity index (χ2v) is 3.51. The molecule has 0 saturated heterocycles. The molecule has 0 fully saturated rings. The topological polar surface area (TPSA) is 66.8 Å². The lowest BCUT2D eigenvalue weighted by Gasteiger charge is -2.19. The molecule has 0 aliphatic rings. The number of rotatable bonds is 6. The molecular formula is C13H15NO4. The summed E-state index contributed by atoms with van der Waals surface area (Å²) in [6.07, 6.45) is 2.25. The monoisotopic (exact) mass is 249 g/mol. The van der Waals surface area contributed by atoms with E-state index in [1.54, 1.807) is 6.08 Å². The molecule has 96 valence electrons. The average molecular weight is 249 g/mol. The lowest BCUT2D eigenvalue weighted by atomic mass is 10.2. The molecule has 0 saturated carbocycles. The molecule has 1 amide bonds. The molecule has 1 aromatic rings. The van der Waals surface area contributed by atoms with Gasteiger partial charge < -0.3 is 9.90 Å². The maximum Gasteiger partial charge on any atom is 0.270 e. The highest BCUT2D eigenvalue weighted by Gasteiger charge is 2.13. The van der Waals surface area contributed by atoms with Crippen molar-refractivity contribution in [2.75, 3.05) is 6.54 Å². The first kappa shape index (κ1) is 14.1. The lowest BCUT2D eigenvalue weighted by Crippen LogP contribution is -2.34. The number of aliphatic hydroxyl groups is 1. The van der Waals surface area contributed by atoms with Crippen molar-refractivity contribution in [3.63, 3.8) is 0 Å². The number of nitrogens with zero attached hydrogens (tertiary/aromatic N) is 1. The number of carbonyl (C=O) groups is 2. The van der Waals surface area contributed by atoms with Crippen molar-refractivity contribution in [1.29, 1.82) is 0 Å². The van der Waals surface area contributed by atoms with Crippen LogP contribution in [0.15, 0.2) is 36.4 Å². The van der Waals surface area contributed by atoms with Crippen molar-refractivity contribution in [3.8, 4) is 0 Å². The lowest BCUT2D eigenvalue weighted by molar-refractivity contribution is -0.243. The Morgan fingerprint density at radius 2 is 2.11 bits per heavy atom. The minimum Gasteiger partial charge on any atom is -0.366 e. The standard InChI is InChI=1S/C13H15NO4/c1-11(16)18-14(9-10-15)13(17)8-7-12-5-3-2-4-6-12/h2-8,10-11,16H,9H2,1H3/b8-7+. The summed E-state index contributed by atoms with van der Waals surface area (Å²) in [5.74, 6) is -0.508. The van der Waals surface area contributed by atoms with E-state index in [0.29, 0.717) is 6.29 Å². The number of hydrogen-bond donors (Lipinski definition) is 1. The van der Waals surface area contributed by atoms with Gasteiger partial charge in [-0.05, 0) is 18.6 Å². The molecule has 0 aromatic heterocycles. The first-order chi connectivity index (χ1) is 8.63. The number of aliphatic hydroxyl groups excluding tert-OH is 1. The number of hydrogen-bond acceptors (Lipinski definition) is 4. The van der Waals surface area contributed by atoms with E-state index >= 15 is 0 Å². The van der Waals surface area contributed by atoms with E-state index in [1.807, 2.05) is 30.3 Å². The maximum atomic E-state index is 11.7. The summed E-state index contributed by atoms with van der Waals surface area (Å²) in [4.78, 5) is 26.9. The number of aldehydes is 1. The van der Waals surface area contributed by atoms with Crippen molar-refractivity contribution in [1.82, 2.24) is 5.06 Å². The minimum atomic E-state index is -1.15. The fourth-order valence-electron chi connectivity index (χ4n) is 1.25. The Labute approximate surface area is 105 Å². The molecule has 1 atom stereocenters. The van der Waals surface area contributed by atoms with Gasteiger partial charge in [0.25, 0.3) is 5.91 Å². The van der Waals surface area contributed by atoms with E-state index in [4.69, 9.17) is 9.94 Å². The Balaban J connectivity index is 2.66. The van der Waals surface area contributed by atoms with Crippen LogP contribution in [0.5, 0.6) is 0 Å². The molecule has 0 radical (unpaired) electrons. The van der Waals surface area contributed by atoms with E-state index in [2.05, 4.69) is 0 Å². The van der Waals surface area contributed by atoms with E-state index in [0.717, 1.165) is 10.6 Å². The van der Waals surface area contributed by atoms with Gasteiger partial charge in [0.15, 0.2) is 6.29 Å². The zero-order valence-corrected chi connectivity index (χ0v) is 10.0. The van der Waals surface area contributed by atoms with Crippen LogP contribution in [0.25, 0.3) is 6.08 Å². The van der Waals surface area contributed by atoms with Crippen LogP contribution >= 0.6 is 0 Å². The molecule has 5 nitrogen and oxygen atoms in total. The first-order valence-corrected chi connectivity index (χ1v) is 5.46. The highest BCUT2D eigenvalue weighted by atomic mass is 16.8. The number of benzene rings is 1. The van der Waals surface area contributed by atoms with Gasteiger partial charge in [-0.2, -0.15) is 0 Å². The van der Waals surface area contributed by atoms with Gasteiger partial charge >= 0.3 is 0 Å². The Hall–Kier alpha value is -1.98. The fraction of sp³-hybridized carbons (Fsp3) is 0.231. The van der Waals surface area contributed by atoms with E-state index in [-0.39, 0.29) is 6.54 Å². The zero-order valence-electron chi connectivity index (χ0n) is 10.0. The average Bonchev–Trinajstić information content (AvgIpc) is 2.36. The molecule has 0 aliphatic heterocycles. The largest absolute Gasteiger partial charge is 0.366 e. The van der Waals surface area contributed by atoms with Gasteiger partial charge in [-0.1, -0.05) is 30.3 Å². The van der Waals surface area contributed by atoms with Gasteiger partial charge in [0.2, 0.25) is 0 Å². The van der Waals surface area contributed by atoms with E-state index in [1.165, 1.54) is 13.0 Å². The van der Waals surface area contributed by atoms with Crippen LogP contribution in [-0.4, -0.2) is 35.2 Å². The summed E-state index contributed by atoms with van der Waals surface area (Å²) in [5.41, 5.74) is 0.856. The van der Waals surface area contributed by atoms with Gasteiger partial charge in [0.1, 0.15) is 12.8 Å². The van der Waals surface area contributed by atoms with Crippen LogP contribution in [0, 0.1) is 0 Å². The van der Waals surface area contributed by atoms with Crippen LogP contribution < -0.4 is 0 Å². The number of hydroxylamine groups is 2. The van der Waals surface area contributed by atoms with Gasteiger partial charge in [-0.25, -0.2) is 9.90 Å². The Morgan fingerprint density at radius 3 is 2.67 bits per heavy atom. The molecule has 1 unspecified atom stereocenters. The SMILES string of the molecule is CC(O)ON(CC=O)C(=O)/C=C/c1ccccc1. The summed E-state index contributed by atoms with van der Waals surface area (Å²) in [7, 11) is 0. The van der Waals surface area contributed by atoms with Crippen LogP contribution in [0.3, 0.4) is 0 Å². The van der Waals surface area contributed by atoms with Gasteiger partial charge in [0.05, 0.1) is 0 Å². The predicted molar refractivity (Wildman–Crippen MR) is 66.0 cm³/mol. The van der Waals surface area contributed by atoms with Crippen molar-refractivity contribution >= 4 is 18.3 Å². The molecule has 0 aliphatic carbocycles. The molecule has 18 heavy (non-hydrogen) atoms. The summed E-state index contributed by atoms with van der Waals surface area (Å²) in [6, 6.07) is 9.24. The van der Waals surface area contributed by atoms with E-state index < -0.39 is 12.2 Å². The Bertz CT molecular complexity index is 414. The molecule has 5 heteroatoms. The fourth-order valence-corrected chi connectivity index (χ4v) is 1.25. The molecular weight excluding hydrogens is 234 g/mol. The number of amides is 1. The quantitative estimate of drug-likeness (QED) is 0.353. The molecule has 0 bridgehead atoms. The summed E-state index contributed by atoms with van der Waals surface area (Å²) < 4.78 is 0. The Kier molecular flexibility index (Phi) is 5.76. The second-order valence-electron chi connectivity index (χ2n) is 3.51. The maximum absolute atomic E-state index is 11.7. The highest BCUT2D eigenvalue weighted by Crippen LogP contribution is 2.03. The van der Waals surface area contributed by atoms with Crippen LogP contribution in [0.4, 0.5) is 0 Å². The molecule has 1 aromatic carbocycles. The molecule has 1 N–H and O–H groups in total. The van der Waals surface area contributed by atoms with Crippen molar-refractivity contribution in [3.05, 3.63) is 42.0 Å². The van der Waals surface area contributed by atoms with Crippen molar-refractivity contribution in [2.24, 2.45) is 0 Å². The van der Waals surface area contributed by atoms with Crippen LogP contribution in [0.2, 0.25) is 0 Å². The third-order valence-electron chi connectivity index (χ3n) is 1.98. The third-order valence-corrected chi connectivity index (χ3v) is 1.98. The summed E-state index contributed by atoms with van der Waals surface area (Å²) in [5, 5.41) is 9.83. The summed E-state index contributed by atoms with van der Waals surface area (Å²) >= 11 is 0. The Morgan fingerprint density at radius 1 is 1.44 bits per heavy atom. The van der Waals surface area contributed by atoms with Gasteiger partial charge in [-0.3, -0.25) is 4.79 Å². The van der Waals surface area contributed by atoms with Crippen LogP contribution in [-0.2, 0) is 14.4 Å². The number of carbonyl (C=O) groups excluding carboxylic acids is 2. The summed E-state index contributed by atoms with van der Waals surface area (Å²) in [6.45, 7) is 1.12. The molecule has 1 rings (SSSR count). The third kappa shape index (κ3) is 4.90. The predicted octanol–water partition coefficient (Wildman–Crippen LogP) is 0.997. The molecule has 0 heterocycles. The van der Waals surface area contributed by atoms with Crippen molar-refractivity contribution in [2.45, 2.75) is 13.2 Å².